The summed E-state index contributed by atoms with van der Waals surface area (Å²) in [5, 5.41) is 0. The van der Waals surface area contributed by atoms with Gasteiger partial charge in [0.2, 0.25) is 0 Å². The van der Waals surface area contributed by atoms with Crippen molar-refractivity contribution in [2.24, 2.45) is 0 Å². The number of hydrogen-bond donors (Lipinski definition) is 0. The zero-order valence-corrected chi connectivity index (χ0v) is 32.2. The minimum atomic E-state index is 0. The van der Waals surface area contributed by atoms with Crippen molar-refractivity contribution >= 4 is 63.4 Å². The summed E-state index contributed by atoms with van der Waals surface area (Å²) >= 11 is 0. The largest absolute Gasteiger partial charge is 2.00 e. The monoisotopic (exact) mass is 899 g/mol. The summed E-state index contributed by atoms with van der Waals surface area (Å²) in [6.45, 7) is 0. The molecule has 7 heteroatoms. The minimum Gasteiger partial charge on any atom is -0.657 e. The first-order valence-corrected chi connectivity index (χ1v) is 18.3. The van der Waals surface area contributed by atoms with Crippen LogP contribution in [0, 0.1) is 0 Å². The molecule has 2 aliphatic rings. The molecule has 8 aromatic rings. The Morgan fingerprint density at radius 3 is 1.30 bits per heavy atom. The van der Waals surface area contributed by atoms with Crippen molar-refractivity contribution in [3.63, 3.8) is 0 Å². The number of fused-ring (bicyclic) bond motifs is 8. The summed E-state index contributed by atoms with van der Waals surface area (Å²) < 4.78 is 0. The van der Waals surface area contributed by atoms with Gasteiger partial charge in [-0.05, 0) is 83.0 Å². The van der Waals surface area contributed by atoms with E-state index in [1.807, 2.05) is 48.7 Å². The molecule has 0 spiro atoms. The summed E-state index contributed by atoms with van der Waals surface area (Å²) in [5.41, 5.74) is 14.8. The Balaban J connectivity index is 0.00000410. The number of anilines is 3. The van der Waals surface area contributed by atoms with E-state index in [0.717, 1.165) is 95.4 Å². The summed E-state index contributed by atoms with van der Waals surface area (Å²) in [6, 6.07) is 55.8. The van der Waals surface area contributed by atoms with Crippen molar-refractivity contribution < 1.29 is 21.1 Å². The van der Waals surface area contributed by atoms with Gasteiger partial charge in [-0.3, -0.25) is 4.98 Å². The molecule has 0 unspecified atom stereocenters. The zero-order valence-electron chi connectivity index (χ0n) is 30.0. The summed E-state index contributed by atoms with van der Waals surface area (Å²) in [6.07, 6.45) is 10.1. The summed E-state index contributed by atoms with van der Waals surface area (Å²) in [7, 11) is 0. The van der Waals surface area contributed by atoms with E-state index in [0.29, 0.717) is 0 Å². The standard InChI is InChI=1S/C49H32N6.Pt/c1-5-15-33(16-6-1)46-38-24-26-42(51-38)48(37-23-13-14-32-50-37)43-27-25-39(52-43)47(34-17-7-2-8-18-34)41-29-31-45(54-41)49(44-30-28-40(46)53-44)55(35-19-9-3-10-20-35)36-21-11-4-12-22-36;/h1-32H;/q-2;+2. The molecular formula is C49H32N6Pt. The van der Waals surface area contributed by atoms with Crippen molar-refractivity contribution in [2.75, 3.05) is 4.90 Å². The maximum Gasteiger partial charge on any atom is 2.00 e. The van der Waals surface area contributed by atoms with Crippen LogP contribution in [0.5, 0.6) is 0 Å². The molecule has 8 bridgehead atoms. The third kappa shape index (κ3) is 6.40. The predicted molar refractivity (Wildman–Crippen MR) is 226 cm³/mol. The molecule has 0 saturated carbocycles. The second kappa shape index (κ2) is 15.1. The van der Waals surface area contributed by atoms with Crippen molar-refractivity contribution in [3.8, 4) is 33.5 Å². The number of hydrogen-bond acceptors (Lipinski definition) is 4. The molecule has 0 atom stereocenters. The van der Waals surface area contributed by atoms with Crippen LogP contribution in [-0.2, 0) is 21.1 Å². The average Bonchev–Trinajstić information content (AvgIpc) is 4.09. The maximum atomic E-state index is 5.45. The van der Waals surface area contributed by atoms with Gasteiger partial charge in [-0.15, -0.1) is 22.1 Å². The number of para-hydroxylation sites is 2. The van der Waals surface area contributed by atoms with Crippen LogP contribution in [0.1, 0.15) is 22.8 Å². The quantitative estimate of drug-likeness (QED) is 0.166. The van der Waals surface area contributed by atoms with Crippen LogP contribution in [0.2, 0.25) is 0 Å². The van der Waals surface area contributed by atoms with Gasteiger partial charge in [-0.2, -0.15) is 0 Å². The minimum absolute atomic E-state index is 0. The molecule has 0 radical (unpaired) electrons. The van der Waals surface area contributed by atoms with E-state index >= 15 is 0 Å². The molecule has 0 fully saturated rings. The van der Waals surface area contributed by atoms with Crippen LogP contribution >= 0.6 is 0 Å². The van der Waals surface area contributed by atoms with E-state index in [9.17, 15) is 0 Å². The molecule has 268 valence electrons. The summed E-state index contributed by atoms with van der Waals surface area (Å²) in [4.78, 5) is 28.6. The van der Waals surface area contributed by atoms with Crippen LogP contribution in [0.15, 0.2) is 170 Å². The van der Waals surface area contributed by atoms with Gasteiger partial charge in [0, 0.05) is 23.1 Å². The van der Waals surface area contributed by atoms with E-state index < -0.39 is 0 Å². The van der Waals surface area contributed by atoms with Crippen LogP contribution < -0.4 is 14.9 Å². The van der Waals surface area contributed by atoms with Crippen LogP contribution in [0.4, 0.5) is 17.1 Å². The maximum absolute atomic E-state index is 5.45. The molecule has 0 aliphatic carbocycles. The Bertz CT molecular complexity index is 2820. The molecule has 6 heterocycles. The van der Waals surface area contributed by atoms with Gasteiger partial charge in [0.25, 0.3) is 0 Å². The molecule has 2 aliphatic heterocycles. The van der Waals surface area contributed by atoms with Gasteiger partial charge in [-0.25, -0.2) is 9.97 Å². The van der Waals surface area contributed by atoms with E-state index in [1.54, 1.807) is 0 Å². The van der Waals surface area contributed by atoms with Gasteiger partial charge in [0.1, 0.15) is 0 Å². The normalized spacial score (nSPS) is 11.6. The number of rotatable bonds is 6. The first-order chi connectivity index (χ1) is 27.3. The fraction of sp³-hybridized carbons (Fsp3) is 0. The zero-order chi connectivity index (χ0) is 36.6. The number of nitrogens with zero attached hydrogens (tertiary/aromatic N) is 6. The Labute approximate surface area is 338 Å². The van der Waals surface area contributed by atoms with Gasteiger partial charge >= 0.3 is 21.1 Å². The fourth-order valence-corrected chi connectivity index (χ4v) is 7.44. The molecule has 10 rings (SSSR count). The van der Waals surface area contributed by atoms with E-state index in [4.69, 9.17) is 24.9 Å². The van der Waals surface area contributed by atoms with Crippen molar-refractivity contribution in [2.45, 2.75) is 0 Å². The topological polar surface area (TPSA) is 70.1 Å². The number of benzene rings is 4. The van der Waals surface area contributed by atoms with Crippen molar-refractivity contribution in [3.05, 3.63) is 193 Å². The van der Waals surface area contributed by atoms with Gasteiger partial charge in [0.15, 0.2) is 0 Å². The summed E-state index contributed by atoms with van der Waals surface area (Å²) in [5.74, 6) is 0. The Hall–Kier alpha value is -6.88. The van der Waals surface area contributed by atoms with Crippen LogP contribution in [0.25, 0.3) is 79.9 Å². The number of aromatic nitrogens is 5. The first-order valence-electron chi connectivity index (χ1n) is 18.3. The Morgan fingerprint density at radius 1 is 0.375 bits per heavy atom. The average molecular weight is 900 g/mol. The van der Waals surface area contributed by atoms with Gasteiger partial charge in [-0.1, -0.05) is 127 Å². The van der Waals surface area contributed by atoms with Crippen molar-refractivity contribution in [1.82, 2.24) is 24.9 Å². The molecular weight excluding hydrogens is 868 g/mol. The second-order valence-electron chi connectivity index (χ2n) is 13.3. The third-order valence-electron chi connectivity index (χ3n) is 9.88. The molecule has 4 aromatic heterocycles. The first kappa shape index (κ1) is 34.9. The molecule has 6 nitrogen and oxygen atoms in total. The van der Waals surface area contributed by atoms with E-state index in [2.05, 4.69) is 151 Å². The van der Waals surface area contributed by atoms with Crippen molar-refractivity contribution in [1.29, 1.82) is 0 Å². The van der Waals surface area contributed by atoms with E-state index in [1.165, 1.54) is 0 Å². The van der Waals surface area contributed by atoms with Gasteiger partial charge in [0.05, 0.1) is 34.2 Å². The van der Waals surface area contributed by atoms with Gasteiger partial charge < -0.3 is 14.9 Å². The fourth-order valence-electron chi connectivity index (χ4n) is 7.44. The second-order valence-corrected chi connectivity index (χ2v) is 13.3. The molecule has 0 amide bonds. The predicted octanol–water partition coefficient (Wildman–Crippen LogP) is 11.8. The number of pyridine rings is 1. The molecule has 0 saturated heterocycles. The SMILES string of the molecule is C1=Cc2nc1c(-c1ccccc1)c1ccc([n-]1)c(-c1ccccn1)c1nc(c(-c3ccccc3)c3ccc([n-]3)c2N(c2ccccc2)c2ccccc2)C=C1.[Pt+2]. The van der Waals surface area contributed by atoms with Crippen LogP contribution in [-0.4, -0.2) is 15.0 Å². The smallest absolute Gasteiger partial charge is 0.657 e. The Kier molecular flexibility index (Phi) is 9.40. The molecule has 0 N–H and O–H groups in total. The van der Waals surface area contributed by atoms with E-state index in [-0.39, 0.29) is 21.1 Å². The third-order valence-corrected chi connectivity index (χ3v) is 9.88. The van der Waals surface area contributed by atoms with Crippen LogP contribution in [0.3, 0.4) is 0 Å². The molecule has 4 aromatic carbocycles. The molecule has 56 heavy (non-hydrogen) atoms. The Morgan fingerprint density at radius 2 is 0.786 bits per heavy atom.